The lowest BCUT2D eigenvalue weighted by Gasteiger charge is -2.28. The molecule has 8 heteroatoms. The van der Waals surface area contributed by atoms with Crippen LogP contribution in [0.15, 0.2) is 12.4 Å². The maximum Gasteiger partial charge on any atom is 0.417 e. The van der Waals surface area contributed by atoms with Gasteiger partial charge in [-0.05, 0) is 6.92 Å². The molecule has 1 atom stereocenters. The van der Waals surface area contributed by atoms with Crippen molar-refractivity contribution in [3.05, 3.63) is 18.2 Å². The molecule has 2 N–H and O–H groups in total. The van der Waals surface area contributed by atoms with Crippen LogP contribution in [0.25, 0.3) is 0 Å². The fraction of sp³-hybridized carbons (Fsp3) is 0.600. The summed E-state index contributed by atoms with van der Waals surface area (Å²) in [7, 11) is 1.71. The lowest BCUT2D eigenvalue weighted by Crippen LogP contribution is -2.60. The predicted octanol–water partition coefficient (Wildman–Crippen LogP) is 0.958. The molecule has 5 nitrogen and oxygen atoms in total. The highest BCUT2D eigenvalue weighted by atomic mass is 19.4. The molecule has 0 bridgehead atoms. The van der Waals surface area contributed by atoms with Gasteiger partial charge in [0.1, 0.15) is 5.82 Å². The number of carboxylic acid groups (broad SMARTS) is 1. The van der Waals surface area contributed by atoms with Crippen LogP contribution in [0, 0.1) is 0 Å². The number of aryl methyl sites for hydroxylation is 1. The van der Waals surface area contributed by atoms with E-state index in [4.69, 9.17) is 5.11 Å². The van der Waals surface area contributed by atoms with Gasteiger partial charge in [-0.1, -0.05) is 0 Å². The van der Waals surface area contributed by atoms with Crippen molar-refractivity contribution in [3.8, 4) is 0 Å². The third-order valence-corrected chi connectivity index (χ3v) is 2.74. The molecule has 0 spiro atoms. The van der Waals surface area contributed by atoms with Crippen LogP contribution >= 0.6 is 0 Å². The van der Waals surface area contributed by atoms with Gasteiger partial charge in [0.15, 0.2) is 0 Å². The van der Waals surface area contributed by atoms with E-state index in [1.165, 1.54) is 6.20 Å². The quantitative estimate of drug-likeness (QED) is 0.832. The summed E-state index contributed by atoms with van der Waals surface area (Å²) in [5.41, 5.74) is -2.95. The molecule has 18 heavy (non-hydrogen) atoms. The maximum atomic E-state index is 12.6. The first kappa shape index (κ1) is 14.5. The van der Waals surface area contributed by atoms with E-state index in [-0.39, 0.29) is 13.0 Å². The Morgan fingerprint density at radius 1 is 1.56 bits per heavy atom. The minimum absolute atomic E-state index is 0.132. The second-order valence-electron chi connectivity index (χ2n) is 4.06. The summed E-state index contributed by atoms with van der Waals surface area (Å²) >= 11 is 0. The number of carbonyl (C=O) groups is 1. The molecule has 1 aromatic heterocycles. The summed E-state index contributed by atoms with van der Waals surface area (Å²) in [5, 5.41) is 10.7. The molecule has 0 aliphatic rings. The third-order valence-electron chi connectivity index (χ3n) is 2.74. The topological polar surface area (TPSA) is 67.2 Å². The molecular formula is C10H14F3N3O2. The lowest BCUT2D eigenvalue weighted by atomic mass is 10.0. The fourth-order valence-electron chi connectivity index (χ4n) is 1.36. The van der Waals surface area contributed by atoms with Crippen LogP contribution in [-0.4, -0.2) is 38.9 Å². The number of aliphatic carboxylic acids is 1. The molecule has 0 saturated carbocycles. The van der Waals surface area contributed by atoms with E-state index >= 15 is 0 Å². The Hall–Kier alpha value is -1.57. The number of halogens is 3. The molecule has 0 fully saturated rings. The summed E-state index contributed by atoms with van der Waals surface area (Å²) in [6.45, 7) is 0.473. The molecule has 1 heterocycles. The van der Waals surface area contributed by atoms with Crippen LogP contribution in [0.2, 0.25) is 0 Å². The van der Waals surface area contributed by atoms with Crippen LogP contribution < -0.4 is 5.32 Å². The molecule has 102 valence electrons. The average Bonchev–Trinajstić information content (AvgIpc) is 2.62. The van der Waals surface area contributed by atoms with Gasteiger partial charge in [-0.2, -0.15) is 13.2 Å². The molecular weight excluding hydrogens is 251 g/mol. The van der Waals surface area contributed by atoms with Crippen LogP contribution in [-0.2, 0) is 18.3 Å². The van der Waals surface area contributed by atoms with Crippen molar-refractivity contribution in [2.24, 2.45) is 7.05 Å². The largest absolute Gasteiger partial charge is 0.480 e. The van der Waals surface area contributed by atoms with Crippen molar-refractivity contribution in [2.75, 3.05) is 6.54 Å². The molecule has 0 radical (unpaired) electrons. The van der Waals surface area contributed by atoms with E-state index in [2.05, 4.69) is 4.98 Å². The number of rotatable bonds is 5. The van der Waals surface area contributed by atoms with Crippen LogP contribution in [0.4, 0.5) is 13.2 Å². The number of alkyl halides is 3. The molecule has 0 aromatic carbocycles. The van der Waals surface area contributed by atoms with Gasteiger partial charge < -0.3 is 9.67 Å². The van der Waals surface area contributed by atoms with Crippen molar-refractivity contribution in [3.63, 3.8) is 0 Å². The number of nitrogens with zero attached hydrogens (tertiary/aromatic N) is 2. The summed E-state index contributed by atoms with van der Waals surface area (Å²) in [6.07, 6.45) is -1.46. The number of imidazole rings is 1. The average molecular weight is 265 g/mol. The SMILES string of the molecule is Cn1ccnc1CCNC(C)(C(=O)O)C(F)(F)F. The number of hydrogen-bond donors (Lipinski definition) is 2. The molecule has 1 rings (SSSR count). The molecule has 0 amide bonds. The Bertz CT molecular complexity index is 430. The molecule has 0 aliphatic carbocycles. The van der Waals surface area contributed by atoms with Crippen molar-refractivity contribution in [1.82, 2.24) is 14.9 Å². The lowest BCUT2D eigenvalue weighted by molar-refractivity contribution is -0.205. The minimum Gasteiger partial charge on any atom is -0.480 e. The molecule has 0 aliphatic heterocycles. The number of hydrogen-bond acceptors (Lipinski definition) is 3. The number of nitrogens with one attached hydrogen (secondary N) is 1. The first-order valence-corrected chi connectivity index (χ1v) is 5.20. The van der Waals surface area contributed by atoms with Crippen molar-refractivity contribution in [2.45, 2.75) is 25.1 Å². The van der Waals surface area contributed by atoms with Gasteiger partial charge in [-0.25, -0.2) is 9.78 Å². The summed E-state index contributed by atoms with van der Waals surface area (Å²) < 4.78 is 39.6. The highest BCUT2D eigenvalue weighted by Crippen LogP contribution is 2.30. The second kappa shape index (κ2) is 4.97. The molecule has 1 unspecified atom stereocenters. The van der Waals surface area contributed by atoms with Crippen LogP contribution in [0.5, 0.6) is 0 Å². The highest BCUT2D eigenvalue weighted by Gasteiger charge is 2.56. The summed E-state index contributed by atoms with van der Waals surface area (Å²) in [4.78, 5) is 14.7. The van der Waals surface area contributed by atoms with E-state index in [0.717, 1.165) is 0 Å². The Balaban J connectivity index is 2.65. The van der Waals surface area contributed by atoms with E-state index < -0.39 is 17.7 Å². The third kappa shape index (κ3) is 2.81. The van der Waals surface area contributed by atoms with Gasteiger partial charge in [-0.3, -0.25) is 5.32 Å². The van der Waals surface area contributed by atoms with Gasteiger partial charge in [0.2, 0.25) is 5.54 Å². The number of carboxylic acids is 1. The highest BCUT2D eigenvalue weighted by molar-refractivity contribution is 5.79. The predicted molar refractivity (Wildman–Crippen MR) is 57.0 cm³/mol. The maximum absolute atomic E-state index is 12.6. The van der Waals surface area contributed by atoms with Crippen molar-refractivity contribution >= 4 is 5.97 Å². The zero-order chi connectivity index (χ0) is 14.0. The standard InChI is InChI=1S/C10H14F3N3O2/c1-9(8(17)18,10(11,12)13)15-4-3-7-14-5-6-16(7)2/h5-6,15H,3-4H2,1-2H3,(H,17,18). The molecule has 1 aromatic rings. The first-order valence-electron chi connectivity index (χ1n) is 5.20. The minimum atomic E-state index is -4.86. The van der Waals surface area contributed by atoms with Gasteiger partial charge >= 0.3 is 12.1 Å². The normalized spacial score (nSPS) is 15.4. The number of aromatic nitrogens is 2. The molecule has 0 saturated heterocycles. The second-order valence-corrected chi connectivity index (χ2v) is 4.06. The van der Waals surface area contributed by atoms with E-state index in [1.54, 1.807) is 17.8 Å². The zero-order valence-corrected chi connectivity index (χ0v) is 9.95. The Morgan fingerprint density at radius 3 is 2.56 bits per heavy atom. The summed E-state index contributed by atoms with van der Waals surface area (Å²) in [5.74, 6) is -1.37. The summed E-state index contributed by atoms with van der Waals surface area (Å²) in [6, 6.07) is 0. The van der Waals surface area contributed by atoms with Gasteiger partial charge in [0, 0.05) is 32.4 Å². The first-order chi connectivity index (χ1) is 8.18. The monoisotopic (exact) mass is 265 g/mol. The van der Waals surface area contributed by atoms with Gasteiger partial charge in [0.05, 0.1) is 0 Å². The van der Waals surface area contributed by atoms with Gasteiger partial charge in [0.25, 0.3) is 0 Å². The van der Waals surface area contributed by atoms with Crippen molar-refractivity contribution in [1.29, 1.82) is 0 Å². The van der Waals surface area contributed by atoms with Gasteiger partial charge in [-0.15, -0.1) is 0 Å². The van der Waals surface area contributed by atoms with E-state index in [1.807, 2.05) is 5.32 Å². The fourth-order valence-corrected chi connectivity index (χ4v) is 1.36. The Kier molecular flexibility index (Phi) is 4.00. The van der Waals surface area contributed by atoms with Crippen LogP contribution in [0.1, 0.15) is 12.7 Å². The van der Waals surface area contributed by atoms with E-state index in [9.17, 15) is 18.0 Å². The smallest absolute Gasteiger partial charge is 0.417 e. The van der Waals surface area contributed by atoms with Crippen molar-refractivity contribution < 1.29 is 23.1 Å². The van der Waals surface area contributed by atoms with E-state index in [0.29, 0.717) is 12.7 Å². The Labute approximate surface area is 102 Å². The van der Waals surface area contributed by atoms with Crippen LogP contribution in [0.3, 0.4) is 0 Å². The Morgan fingerprint density at radius 2 is 2.17 bits per heavy atom. The zero-order valence-electron chi connectivity index (χ0n) is 9.95.